The number of aromatic nitrogens is 3. The van der Waals surface area contributed by atoms with Crippen LogP contribution in [0.5, 0.6) is 5.75 Å². The van der Waals surface area contributed by atoms with Crippen molar-refractivity contribution in [3.8, 4) is 5.75 Å². The van der Waals surface area contributed by atoms with Crippen LogP contribution >= 0.6 is 11.8 Å². The summed E-state index contributed by atoms with van der Waals surface area (Å²) >= 11 is 1.69. The van der Waals surface area contributed by atoms with Gasteiger partial charge in [0.1, 0.15) is 11.6 Å². The molecule has 0 atom stereocenters. The van der Waals surface area contributed by atoms with Gasteiger partial charge in [0.25, 0.3) is 0 Å². The van der Waals surface area contributed by atoms with Crippen molar-refractivity contribution in [2.45, 2.75) is 44.8 Å². The molecular formula is C17H23N3O2S. The zero-order valence-corrected chi connectivity index (χ0v) is 14.7. The Morgan fingerprint density at radius 1 is 1.30 bits per heavy atom. The molecule has 0 saturated carbocycles. The first-order chi connectivity index (χ1) is 11.2. The van der Waals surface area contributed by atoms with Crippen LogP contribution in [0, 0.1) is 0 Å². The maximum atomic E-state index is 10.9. The van der Waals surface area contributed by atoms with Gasteiger partial charge in [-0.2, -0.15) is 0 Å². The lowest BCUT2D eigenvalue weighted by atomic mass is 10.2. The van der Waals surface area contributed by atoms with Gasteiger partial charge in [-0.25, -0.2) is 0 Å². The molecule has 0 spiro atoms. The molecule has 0 aliphatic rings. The summed E-state index contributed by atoms with van der Waals surface area (Å²) in [6, 6.07) is 7.28. The fourth-order valence-electron chi connectivity index (χ4n) is 2.24. The fourth-order valence-corrected chi connectivity index (χ4v) is 3.17. The molecular weight excluding hydrogens is 310 g/mol. The highest BCUT2D eigenvalue weighted by Crippen LogP contribution is 2.22. The fraction of sp³-hybridized carbons (Fsp3) is 0.471. The molecule has 1 heterocycles. The van der Waals surface area contributed by atoms with E-state index >= 15 is 0 Å². The molecule has 0 amide bonds. The summed E-state index contributed by atoms with van der Waals surface area (Å²) in [7, 11) is 0. The van der Waals surface area contributed by atoms with Crippen LogP contribution in [0.3, 0.4) is 0 Å². The summed E-state index contributed by atoms with van der Waals surface area (Å²) in [5.41, 5.74) is 0.590. The van der Waals surface area contributed by atoms with E-state index < -0.39 is 0 Å². The molecule has 0 radical (unpaired) electrons. The van der Waals surface area contributed by atoms with Gasteiger partial charge in [-0.1, -0.05) is 37.7 Å². The Morgan fingerprint density at radius 3 is 2.78 bits per heavy atom. The Balaban J connectivity index is 1.81. The van der Waals surface area contributed by atoms with Crippen LogP contribution in [-0.2, 0) is 6.54 Å². The Bertz CT molecular complexity index is 641. The van der Waals surface area contributed by atoms with E-state index in [2.05, 4.69) is 35.5 Å². The molecule has 0 aliphatic heterocycles. The number of aldehydes is 1. The van der Waals surface area contributed by atoms with Crippen LogP contribution in [0.25, 0.3) is 0 Å². The van der Waals surface area contributed by atoms with Gasteiger partial charge in [0.15, 0.2) is 11.4 Å². The lowest BCUT2D eigenvalue weighted by molar-refractivity contribution is 0.111. The number of ether oxygens (including phenoxy) is 1. The Hall–Kier alpha value is -1.82. The zero-order valence-electron chi connectivity index (χ0n) is 13.9. The SMILES string of the molecule is CCn1c(SCCCOc2ccccc2C=O)nnc1C(C)C. The number of hydrogen-bond acceptors (Lipinski definition) is 5. The number of para-hydroxylation sites is 1. The van der Waals surface area contributed by atoms with E-state index in [1.165, 1.54) is 0 Å². The van der Waals surface area contributed by atoms with Crippen LogP contribution in [-0.4, -0.2) is 33.4 Å². The van der Waals surface area contributed by atoms with Crippen molar-refractivity contribution < 1.29 is 9.53 Å². The highest BCUT2D eigenvalue weighted by Gasteiger charge is 2.13. The van der Waals surface area contributed by atoms with E-state index in [1.807, 2.05) is 18.2 Å². The smallest absolute Gasteiger partial charge is 0.191 e. The van der Waals surface area contributed by atoms with E-state index in [9.17, 15) is 4.79 Å². The molecule has 2 rings (SSSR count). The topological polar surface area (TPSA) is 57.0 Å². The third-order valence-corrected chi connectivity index (χ3v) is 4.45. The summed E-state index contributed by atoms with van der Waals surface area (Å²) in [5.74, 6) is 2.96. The van der Waals surface area contributed by atoms with Gasteiger partial charge in [-0.15, -0.1) is 10.2 Å². The molecule has 0 bridgehead atoms. The van der Waals surface area contributed by atoms with Crippen LogP contribution in [0.4, 0.5) is 0 Å². The summed E-state index contributed by atoms with van der Waals surface area (Å²) in [4.78, 5) is 10.9. The molecule has 0 unspecified atom stereocenters. The van der Waals surface area contributed by atoms with Crippen LogP contribution < -0.4 is 4.74 Å². The van der Waals surface area contributed by atoms with Crippen molar-refractivity contribution in [1.29, 1.82) is 0 Å². The predicted molar refractivity (Wildman–Crippen MR) is 92.5 cm³/mol. The van der Waals surface area contributed by atoms with E-state index in [1.54, 1.807) is 17.8 Å². The van der Waals surface area contributed by atoms with Crippen LogP contribution in [0.2, 0.25) is 0 Å². The number of thioether (sulfide) groups is 1. The van der Waals surface area contributed by atoms with Gasteiger partial charge in [0.05, 0.1) is 12.2 Å². The molecule has 1 aromatic heterocycles. The molecule has 0 aliphatic carbocycles. The first kappa shape index (κ1) is 17.5. The minimum absolute atomic E-state index is 0.375. The van der Waals surface area contributed by atoms with Crippen molar-refractivity contribution >= 4 is 18.0 Å². The molecule has 23 heavy (non-hydrogen) atoms. The second-order valence-electron chi connectivity index (χ2n) is 5.45. The number of hydrogen-bond donors (Lipinski definition) is 0. The minimum atomic E-state index is 0.375. The number of carbonyl (C=O) groups is 1. The normalized spacial score (nSPS) is 11.0. The second-order valence-corrected chi connectivity index (χ2v) is 6.51. The zero-order chi connectivity index (χ0) is 16.7. The van der Waals surface area contributed by atoms with E-state index in [-0.39, 0.29) is 0 Å². The third kappa shape index (κ3) is 4.58. The minimum Gasteiger partial charge on any atom is -0.493 e. The number of carbonyl (C=O) groups excluding carboxylic acids is 1. The van der Waals surface area contributed by atoms with Crippen LogP contribution in [0.15, 0.2) is 29.4 Å². The highest BCUT2D eigenvalue weighted by molar-refractivity contribution is 7.99. The Morgan fingerprint density at radius 2 is 2.09 bits per heavy atom. The molecule has 0 fully saturated rings. The average molecular weight is 333 g/mol. The third-order valence-electron chi connectivity index (χ3n) is 3.40. The van der Waals surface area contributed by atoms with Gasteiger partial charge in [0.2, 0.25) is 0 Å². The van der Waals surface area contributed by atoms with Crippen molar-refractivity contribution in [3.63, 3.8) is 0 Å². The van der Waals surface area contributed by atoms with E-state index in [0.29, 0.717) is 23.8 Å². The molecule has 1 aromatic carbocycles. The summed E-state index contributed by atoms with van der Waals surface area (Å²) in [6.45, 7) is 7.83. The largest absolute Gasteiger partial charge is 0.493 e. The van der Waals surface area contributed by atoms with Crippen molar-refractivity contribution in [2.24, 2.45) is 0 Å². The lowest BCUT2D eigenvalue weighted by Gasteiger charge is -2.10. The van der Waals surface area contributed by atoms with Gasteiger partial charge in [0, 0.05) is 18.2 Å². The van der Waals surface area contributed by atoms with E-state index in [0.717, 1.165) is 36.0 Å². The summed E-state index contributed by atoms with van der Waals surface area (Å²) < 4.78 is 7.84. The summed E-state index contributed by atoms with van der Waals surface area (Å²) in [5, 5.41) is 9.52. The van der Waals surface area contributed by atoms with Gasteiger partial charge in [-0.05, 0) is 25.5 Å². The van der Waals surface area contributed by atoms with Gasteiger partial charge in [-0.3, -0.25) is 4.79 Å². The predicted octanol–water partition coefficient (Wildman–Crippen LogP) is 3.80. The average Bonchev–Trinajstić information content (AvgIpc) is 2.98. The Labute approximate surface area is 141 Å². The van der Waals surface area contributed by atoms with Gasteiger partial charge < -0.3 is 9.30 Å². The van der Waals surface area contributed by atoms with E-state index in [4.69, 9.17) is 4.74 Å². The maximum absolute atomic E-state index is 10.9. The number of rotatable bonds is 9. The Kier molecular flexibility index (Phi) is 6.65. The second kappa shape index (κ2) is 8.72. The highest BCUT2D eigenvalue weighted by atomic mass is 32.2. The maximum Gasteiger partial charge on any atom is 0.191 e. The van der Waals surface area contributed by atoms with Crippen molar-refractivity contribution in [3.05, 3.63) is 35.7 Å². The molecule has 0 N–H and O–H groups in total. The van der Waals surface area contributed by atoms with Crippen molar-refractivity contribution in [1.82, 2.24) is 14.8 Å². The first-order valence-corrected chi connectivity index (χ1v) is 8.88. The molecule has 124 valence electrons. The summed E-state index contributed by atoms with van der Waals surface area (Å²) in [6.07, 6.45) is 1.70. The first-order valence-electron chi connectivity index (χ1n) is 7.90. The molecule has 0 saturated heterocycles. The van der Waals surface area contributed by atoms with Gasteiger partial charge >= 0.3 is 0 Å². The lowest BCUT2D eigenvalue weighted by Crippen LogP contribution is -2.05. The molecule has 6 heteroatoms. The number of benzene rings is 1. The van der Waals surface area contributed by atoms with Crippen molar-refractivity contribution in [2.75, 3.05) is 12.4 Å². The molecule has 2 aromatic rings. The quantitative estimate of drug-likeness (QED) is 0.397. The molecule has 5 nitrogen and oxygen atoms in total. The van der Waals surface area contributed by atoms with Crippen LogP contribution in [0.1, 0.15) is 49.3 Å². The monoisotopic (exact) mass is 333 g/mol. The number of nitrogens with zero attached hydrogens (tertiary/aromatic N) is 3. The standard InChI is InChI=1S/C17H23N3O2S/c1-4-20-16(13(2)3)18-19-17(20)23-11-7-10-22-15-9-6-5-8-14(15)12-21/h5-6,8-9,12-13H,4,7,10-11H2,1-3H3.